The maximum absolute atomic E-state index is 11.1. The molecule has 0 amide bonds. The van der Waals surface area contributed by atoms with Gasteiger partial charge in [-0.2, -0.15) is 0 Å². The fourth-order valence-electron chi connectivity index (χ4n) is 2.68. The summed E-state index contributed by atoms with van der Waals surface area (Å²) >= 11 is 0. The van der Waals surface area contributed by atoms with Crippen LogP contribution in [0, 0.1) is 5.92 Å². The Kier molecular flexibility index (Phi) is 2.89. The molecule has 1 unspecified atom stereocenters. The van der Waals surface area contributed by atoms with Gasteiger partial charge in [-0.15, -0.1) is 0 Å². The van der Waals surface area contributed by atoms with Crippen molar-refractivity contribution < 1.29 is 14.6 Å². The van der Waals surface area contributed by atoms with Crippen LogP contribution in [0.5, 0.6) is 5.75 Å². The van der Waals surface area contributed by atoms with Gasteiger partial charge in [0.1, 0.15) is 0 Å². The lowest BCUT2D eigenvalue weighted by atomic mass is 9.90. The highest BCUT2D eigenvalue weighted by Gasteiger charge is 2.28. The van der Waals surface area contributed by atoms with Gasteiger partial charge in [-0.25, -0.2) is 4.98 Å². The van der Waals surface area contributed by atoms with E-state index in [9.17, 15) is 4.79 Å². The van der Waals surface area contributed by atoms with Gasteiger partial charge in [-0.1, -0.05) is 0 Å². The van der Waals surface area contributed by atoms with Crippen LogP contribution >= 0.6 is 0 Å². The summed E-state index contributed by atoms with van der Waals surface area (Å²) in [6.07, 6.45) is 3.85. The molecule has 5 nitrogen and oxygen atoms in total. The summed E-state index contributed by atoms with van der Waals surface area (Å²) in [7, 11) is 0. The lowest BCUT2D eigenvalue weighted by Crippen LogP contribution is -2.22. The van der Waals surface area contributed by atoms with Gasteiger partial charge in [-0.05, 0) is 31.9 Å². The second-order valence-electron chi connectivity index (χ2n) is 4.78. The van der Waals surface area contributed by atoms with E-state index in [2.05, 4.69) is 4.98 Å². The van der Waals surface area contributed by atoms with Gasteiger partial charge in [0.25, 0.3) is 0 Å². The third-order valence-electron chi connectivity index (χ3n) is 3.61. The minimum absolute atomic E-state index is 0.303. The number of carboxylic acid groups (broad SMARTS) is 1. The van der Waals surface area contributed by atoms with E-state index in [0.29, 0.717) is 19.4 Å². The molecular formula is C14H16N2O3. The Morgan fingerprint density at radius 1 is 1.63 bits per heavy atom. The van der Waals surface area contributed by atoms with Gasteiger partial charge in [0.2, 0.25) is 0 Å². The summed E-state index contributed by atoms with van der Waals surface area (Å²) in [5.74, 6) is -0.268. The van der Waals surface area contributed by atoms with Crippen LogP contribution in [0.4, 0.5) is 0 Å². The predicted molar refractivity (Wildman–Crippen MR) is 69.5 cm³/mol. The summed E-state index contributed by atoms with van der Waals surface area (Å²) in [5.41, 5.74) is 2.81. The number of ether oxygens (including phenoxy) is 1. The normalized spacial score (nSPS) is 18.3. The van der Waals surface area contributed by atoms with E-state index >= 15 is 0 Å². The highest BCUT2D eigenvalue weighted by atomic mass is 16.5. The number of carbonyl (C=O) groups is 1. The molecule has 1 atom stereocenters. The number of rotatable bonds is 3. The number of carboxylic acids is 1. The number of fused-ring (bicyclic) bond motifs is 3. The molecule has 1 aliphatic rings. The van der Waals surface area contributed by atoms with Crippen molar-refractivity contribution in [2.45, 2.75) is 26.2 Å². The largest absolute Gasteiger partial charge is 0.490 e. The fraction of sp³-hybridized carbons (Fsp3) is 0.429. The summed E-state index contributed by atoms with van der Waals surface area (Å²) in [4.78, 5) is 15.7. The molecule has 0 bridgehead atoms. The van der Waals surface area contributed by atoms with Gasteiger partial charge in [0.15, 0.2) is 11.4 Å². The highest BCUT2D eigenvalue weighted by Crippen LogP contribution is 2.29. The summed E-state index contributed by atoms with van der Waals surface area (Å²) in [5, 5.41) is 9.16. The molecule has 100 valence electrons. The molecule has 2 aromatic heterocycles. The molecule has 0 spiro atoms. The Labute approximate surface area is 110 Å². The topological polar surface area (TPSA) is 63.8 Å². The third-order valence-corrected chi connectivity index (χ3v) is 3.61. The van der Waals surface area contributed by atoms with Crippen molar-refractivity contribution in [2.75, 3.05) is 6.61 Å². The van der Waals surface area contributed by atoms with Crippen molar-refractivity contribution in [3.63, 3.8) is 0 Å². The monoisotopic (exact) mass is 260 g/mol. The second-order valence-corrected chi connectivity index (χ2v) is 4.78. The second kappa shape index (κ2) is 4.57. The smallest absolute Gasteiger partial charge is 0.306 e. The standard InChI is InChI=1S/C14H16N2O3/c1-2-19-12-4-3-7-16-11-8-9(14(17)18)5-6-10(11)15-13(12)16/h3-4,7,9H,2,5-6,8H2,1H3,(H,17,18). The summed E-state index contributed by atoms with van der Waals surface area (Å²) in [6.45, 7) is 2.53. The van der Waals surface area contributed by atoms with Crippen LogP contribution in [0.15, 0.2) is 18.3 Å². The van der Waals surface area contributed by atoms with Crippen molar-refractivity contribution in [1.29, 1.82) is 0 Å². The number of hydrogen-bond donors (Lipinski definition) is 1. The van der Waals surface area contributed by atoms with E-state index in [1.807, 2.05) is 29.7 Å². The first-order valence-corrected chi connectivity index (χ1v) is 6.55. The van der Waals surface area contributed by atoms with E-state index in [1.54, 1.807) is 0 Å². The van der Waals surface area contributed by atoms with Crippen molar-refractivity contribution in [1.82, 2.24) is 9.38 Å². The molecule has 0 radical (unpaired) electrons. The van der Waals surface area contributed by atoms with Gasteiger partial charge < -0.3 is 14.2 Å². The van der Waals surface area contributed by atoms with Gasteiger partial charge in [0, 0.05) is 18.3 Å². The zero-order valence-corrected chi connectivity index (χ0v) is 10.8. The van der Waals surface area contributed by atoms with Crippen LogP contribution in [-0.4, -0.2) is 27.1 Å². The molecule has 0 saturated carbocycles. The first kappa shape index (κ1) is 12.0. The number of nitrogens with zero attached hydrogens (tertiary/aromatic N) is 2. The van der Waals surface area contributed by atoms with Crippen LogP contribution in [-0.2, 0) is 17.6 Å². The number of hydrogen-bond acceptors (Lipinski definition) is 3. The predicted octanol–water partition coefficient (Wildman–Crippen LogP) is 1.92. The van der Waals surface area contributed by atoms with Crippen LogP contribution in [0.1, 0.15) is 24.7 Å². The molecule has 0 aliphatic heterocycles. The first-order valence-electron chi connectivity index (χ1n) is 6.55. The molecule has 3 rings (SSSR count). The van der Waals surface area contributed by atoms with E-state index in [0.717, 1.165) is 29.2 Å². The van der Waals surface area contributed by atoms with Crippen molar-refractivity contribution >= 4 is 11.6 Å². The van der Waals surface area contributed by atoms with Crippen LogP contribution < -0.4 is 4.74 Å². The van der Waals surface area contributed by atoms with Gasteiger partial charge in [-0.3, -0.25) is 4.79 Å². The van der Waals surface area contributed by atoms with E-state index < -0.39 is 5.97 Å². The number of pyridine rings is 1. The minimum Gasteiger partial charge on any atom is -0.490 e. The number of imidazole rings is 1. The Hall–Kier alpha value is -2.04. The number of aryl methyl sites for hydroxylation is 1. The lowest BCUT2D eigenvalue weighted by Gasteiger charge is -2.17. The van der Waals surface area contributed by atoms with Gasteiger partial charge >= 0.3 is 5.97 Å². The van der Waals surface area contributed by atoms with Crippen molar-refractivity contribution in [3.8, 4) is 5.75 Å². The Morgan fingerprint density at radius 2 is 2.47 bits per heavy atom. The van der Waals surface area contributed by atoms with Crippen molar-refractivity contribution in [3.05, 3.63) is 29.7 Å². The molecule has 5 heteroatoms. The highest BCUT2D eigenvalue weighted by molar-refractivity contribution is 5.71. The molecule has 0 aromatic carbocycles. The maximum atomic E-state index is 11.1. The molecule has 1 N–H and O–H groups in total. The van der Waals surface area contributed by atoms with Crippen molar-refractivity contribution in [2.24, 2.45) is 5.92 Å². The van der Waals surface area contributed by atoms with Crippen LogP contribution in [0.25, 0.3) is 5.65 Å². The molecule has 0 saturated heterocycles. The summed E-state index contributed by atoms with van der Waals surface area (Å²) in [6, 6.07) is 3.80. The van der Waals surface area contributed by atoms with Gasteiger partial charge in [0.05, 0.1) is 18.2 Å². The SMILES string of the molecule is CCOc1cccn2c3c(nc12)CCC(C(=O)O)C3. The number of aliphatic carboxylic acids is 1. The Balaban J connectivity index is 2.09. The quantitative estimate of drug-likeness (QED) is 0.915. The van der Waals surface area contributed by atoms with Crippen LogP contribution in [0.2, 0.25) is 0 Å². The Morgan fingerprint density at radius 3 is 3.21 bits per heavy atom. The summed E-state index contributed by atoms with van der Waals surface area (Å²) < 4.78 is 7.54. The molecule has 0 fully saturated rings. The zero-order chi connectivity index (χ0) is 13.4. The molecule has 2 aromatic rings. The maximum Gasteiger partial charge on any atom is 0.306 e. The fourth-order valence-corrected chi connectivity index (χ4v) is 2.68. The third kappa shape index (κ3) is 1.95. The Bertz CT molecular complexity index is 633. The molecule has 1 aliphatic carbocycles. The van der Waals surface area contributed by atoms with E-state index in [1.165, 1.54) is 0 Å². The lowest BCUT2D eigenvalue weighted by molar-refractivity contribution is -0.142. The first-order chi connectivity index (χ1) is 9.20. The zero-order valence-electron chi connectivity index (χ0n) is 10.8. The van der Waals surface area contributed by atoms with Crippen LogP contribution in [0.3, 0.4) is 0 Å². The minimum atomic E-state index is -0.721. The molecule has 2 heterocycles. The molecular weight excluding hydrogens is 244 g/mol. The molecule has 19 heavy (non-hydrogen) atoms. The van der Waals surface area contributed by atoms with E-state index in [-0.39, 0.29) is 5.92 Å². The number of aromatic nitrogens is 2. The van der Waals surface area contributed by atoms with E-state index in [4.69, 9.17) is 9.84 Å². The average molecular weight is 260 g/mol. The average Bonchev–Trinajstić information content (AvgIpc) is 2.78.